The van der Waals surface area contributed by atoms with Gasteiger partial charge in [0, 0.05) is 36.3 Å². The number of hydrogen-bond donors (Lipinski definition) is 0. The van der Waals surface area contributed by atoms with E-state index in [1.807, 2.05) is 67.6 Å². The monoisotopic (exact) mass is 505 g/mol. The van der Waals surface area contributed by atoms with Crippen molar-refractivity contribution < 1.29 is 4.79 Å². The highest BCUT2D eigenvalue weighted by atomic mass is 35.5. The summed E-state index contributed by atoms with van der Waals surface area (Å²) in [5.41, 5.74) is 5.11. The Balaban J connectivity index is 1.49. The summed E-state index contributed by atoms with van der Waals surface area (Å²) in [7, 11) is 1.76. The van der Waals surface area contributed by atoms with Gasteiger partial charge < -0.3 is 4.57 Å². The van der Waals surface area contributed by atoms with Gasteiger partial charge in [-0.1, -0.05) is 65.2 Å². The maximum absolute atomic E-state index is 13.0. The number of thioether (sulfide) groups is 1. The minimum absolute atomic E-state index is 0.0582. The Kier molecular flexibility index (Phi) is 6.26. The Morgan fingerprint density at radius 3 is 2.53 bits per heavy atom. The number of halogens is 2. The summed E-state index contributed by atoms with van der Waals surface area (Å²) in [6.07, 6.45) is 4.03. The molecule has 0 atom stereocenters. The van der Waals surface area contributed by atoms with E-state index in [0.717, 1.165) is 27.7 Å². The van der Waals surface area contributed by atoms with Crippen molar-refractivity contribution in [1.82, 2.24) is 9.47 Å². The Morgan fingerprint density at radius 1 is 1.00 bits per heavy atom. The SMILES string of the molecule is Cc1ccc(N=C2S/C(=C/c3cn(Cc4ccc(Cl)c(Cl)c4)c4ccccc34)C(=O)N2C)cc1. The van der Waals surface area contributed by atoms with E-state index in [-0.39, 0.29) is 5.91 Å². The standard InChI is InChI=1S/C27H21Cl2N3OS/c1-17-7-10-20(11-8-17)30-27-31(2)26(33)25(34-27)14-19-16-32(24-6-4-3-5-21(19)24)15-18-9-12-22(28)23(29)13-18/h3-14,16H,15H2,1-2H3/b25-14+,30-27?. The van der Waals surface area contributed by atoms with Crippen molar-refractivity contribution in [1.29, 1.82) is 0 Å². The fourth-order valence-electron chi connectivity index (χ4n) is 3.88. The molecular weight excluding hydrogens is 485 g/mol. The molecule has 0 spiro atoms. The van der Waals surface area contributed by atoms with Gasteiger partial charge in [0.15, 0.2) is 5.17 Å². The van der Waals surface area contributed by atoms with Crippen LogP contribution < -0.4 is 0 Å². The number of hydrogen-bond acceptors (Lipinski definition) is 3. The molecule has 0 unspecified atom stereocenters. The zero-order valence-corrected chi connectivity index (χ0v) is 21.0. The third-order valence-corrected chi connectivity index (χ3v) is 7.50. The predicted molar refractivity (Wildman–Crippen MR) is 144 cm³/mol. The molecule has 34 heavy (non-hydrogen) atoms. The number of rotatable bonds is 4. The number of amides is 1. The second kappa shape index (κ2) is 9.34. The quantitative estimate of drug-likeness (QED) is 0.268. The van der Waals surface area contributed by atoms with Crippen molar-refractivity contribution in [3.8, 4) is 0 Å². The molecule has 0 saturated carbocycles. The Hall–Kier alpha value is -2.99. The minimum atomic E-state index is -0.0582. The fraction of sp³-hybridized carbons (Fsp3) is 0.111. The van der Waals surface area contributed by atoms with Crippen LogP contribution >= 0.6 is 35.0 Å². The largest absolute Gasteiger partial charge is 0.342 e. The zero-order chi connectivity index (χ0) is 23.8. The molecule has 5 rings (SSSR count). The zero-order valence-electron chi connectivity index (χ0n) is 18.6. The lowest BCUT2D eigenvalue weighted by molar-refractivity contribution is -0.121. The first-order chi connectivity index (χ1) is 16.4. The van der Waals surface area contributed by atoms with E-state index < -0.39 is 0 Å². The summed E-state index contributed by atoms with van der Waals surface area (Å²) < 4.78 is 2.16. The van der Waals surface area contributed by atoms with Gasteiger partial charge in [0.25, 0.3) is 5.91 Å². The lowest BCUT2D eigenvalue weighted by Crippen LogP contribution is -2.23. The molecule has 0 radical (unpaired) electrons. The van der Waals surface area contributed by atoms with Crippen LogP contribution in [0.4, 0.5) is 5.69 Å². The van der Waals surface area contributed by atoms with E-state index in [1.165, 1.54) is 17.3 Å². The number of benzene rings is 3. The van der Waals surface area contributed by atoms with Gasteiger partial charge in [-0.15, -0.1) is 0 Å². The number of para-hydroxylation sites is 1. The van der Waals surface area contributed by atoms with Crippen LogP contribution in [0.25, 0.3) is 17.0 Å². The molecule has 1 aromatic heterocycles. The molecule has 1 fully saturated rings. The third kappa shape index (κ3) is 4.51. The molecule has 1 saturated heterocycles. The molecule has 4 nitrogen and oxygen atoms in total. The molecule has 4 aromatic rings. The van der Waals surface area contributed by atoms with Crippen molar-refractivity contribution in [2.75, 3.05) is 7.05 Å². The van der Waals surface area contributed by atoms with Crippen molar-refractivity contribution in [3.63, 3.8) is 0 Å². The molecule has 0 bridgehead atoms. The molecule has 170 valence electrons. The number of fused-ring (bicyclic) bond motifs is 1. The van der Waals surface area contributed by atoms with Crippen LogP contribution in [0.1, 0.15) is 16.7 Å². The van der Waals surface area contributed by atoms with Gasteiger partial charge in [0.2, 0.25) is 0 Å². The van der Waals surface area contributed by atoms with E-state index in [0.29, 0.717) is 26.7 Å². The maximum Gasteiger partial charge on any atom is 0.266 e. The predicted octanol–water partition coefficient (Wildman–Crippen LogP) is 7.54. The summed E-state index contributed by atoms with van der Waals surface area (Å²) in [6, 6.07) is 21.8. The van der Waals surface area contributed by atoms with Crippen LogP contribution in [0.5, 0.6) is 0 Å². The third-order valence-electron chi connectivity index (χ3n) is 5.71. The Morgan fingerprint density at radius 2 is 1.76 bits per heavy atom. The van der Waals surface area contributed by atoms with Crippen molar-refractivity contribution in [2.45, 2.75) is 13.5 Å². The minimum Gasteiger partial charge on any atom is -0.342 e. The molecule has 0 N–H and O–H groups in total. The molecule has 7 heteroatoms. The molecule has 1 aliphatic heterocycles. The summed E-state index contributed by atoms with van der Waals surface area (Å²) in [5, 5.41) is 2.82. The van der Waals surface area contributed by atoms with Crippen LogP contribution in [0.15, 0.2) is 82.8 Å². The summed E-state index contributed by atoms with van der Waals surface area (Å²) in [5.74, 6) is -0.0582. The first-order valence-corrected chi connectivity index (χ1v) is 12.3. The number of likely N-dealkylation sites (N-methyl/N-ethyl adjacent to an activating group) is 1. The fourth-order valence-corrected chi connectivity index (χ4v) is 5.18. The summed E-state index contributed by atoms with van der Waals surface area (Å²) in [4.78, 5) is 19.9. The van der Waals surface area contributed by atoms with Gasteiger partial charge in [-0.25, -0.2) is 4.99 Å². The first kappa shape index (κ1) is 22.8. The normalized spacial score (nSPS) is 16.4. The van der Waals surface area contributed by atoms with Gasteiger partial charge in [-0.05, 0) is 60.7 Å². The molecule has 0 aliphatic carbocycles. The van der Waals surface area contributed by atoms with E-state index >= 15 is 0 Å². The van der Waals surface area contributed by atoms with Crippen LogP contribution in [0, 0.1) is 6.92 Å². The van der Waals surface area contributed by atoms with Crippen molar-refractivity contribution >= 4 is 68.7 Å². The number of aryl methyl sites for hydroxylation is 1. The van der Waals surface area contributed by atoms with Crippen LogP contribution in [0.3, 0.4) is 0 Å². The van der Waals surface area contributed by atoms with Crippen LogP contribution in [-0.2, 0) is 11.3 Å². The highest BCUT2D eigenvalue weighted by Crippen LogP contribution is 2.35. The highest BCUT2D eigenvalue weighted by molar-refractivity contribution is 8.18. The van der Waals surface area contributed by atoms with E-state index in [2.05, 4.69) is 27.9 Å². The van der Waals surface area contributed by atoms with E-state index in [4.69, 9.17) is 23.2 Å². The molecule has 3 aromatic carbocycles. The average molecular weight is 506 g/mol. The Labute approximate surface area is 212 Å². The van der Waals surface area contributed by atoms with Gasteiger partial charge in [-0.2, -0.15) is 0 Å². The van der Waals surface area contributed by atoms with Crippen molar-refractivity contribution in [3.05, 3.63) is 105 Å². The first-order valence-electron chi connectivity index (χ1n) is 10.7. The maximum atomic E-state index is 13.0. The van der Waals surface area contributed by atoms with Gasteiger partial charge in [0.05, 0.1) is 20.6 Å². The van der Waals surface area contributed by atoms with E-state index in [1.54, 1.807) is 11.9 Å². The van der Waals surface area contributed by atoms with Gasteiger partial charge >= 0.3 is 0 Å². The Bertz CT molecular complexity index is 1470. The lowest BCUT2D eigenvalue weighted by atomic mass is 10.1. The highest BCUT2D eigenvalue weighted by Gasteiger charge is 2.30. The average Bonchev–Trinajstić information content (AvgIpc) is 3.30. The van der Waals surface area contributed by atoms with Crippen molar-refractivity contribution in [2.24, 2.45) is 4.99 Å². The number of amidine groups is 1. The van der Waals surface area contributed by atoms with Gasteiger partial charge in [0.1, 0.15) is 0 Å². The number of carbonyl (C=O) groups is 1. The topological polar surface area (TPSA) is 37.6 Å². The van der Waals surface area contributed by atoms with E-state index in [9.17, 15) is 4.79 Å². The number of nitrogens with zero attached hydrogens (tertiary/aromatic N) is 3. The molecular formula is C27H21Cl2N3OS. The van der Waals surface area contributed by atoms with Crippen LogP contribution in [0.2, 0.25) is 10.0 Å². The number of carbonyl (C=O) groups excluding carboxylic acids is 1. The molecule has 2 heterocycles. The summed E-state index contributed by atoms with van der Waals surface area (Å²) in [6.45, 7) is 2.68. The number of aromatic nitrogens is 1. The number of aliphatic imine (C=N–C) groups is 1. The second-order valence-corrected chi connectivity index (χ2v) is 10.0. The smallest absolute Gasteiger partial charge is 0.266 e. The summed E-state index contributed by atoms with van der Waals surface area (Å²) >= 11 is 13.7. The van der Waals surface area contributed by atoms with Crippen LogP contribution in [-0.4, -0.2) is 27.6 Å². The second-order valence-electron chi connectivity index (χ2n) is 8.18. The lowest BCUT2D eigenvalue weighted by Gasteiger charge is -2.07. The molecule has 1 aliphatic rings. The molecule has 1 amide bonds. The van der Waals surface area contributed by atoms with Gasteiger partial charge in [-0.3, -0.25) is 9.69 Å².